The highest BCUT2D eigenvalue weighted by Crippen LogP contribution is 2.13. The van der Waals surface area contributed by atoms with Gasteiger partial charge in [0.2, 0.25) is 5.91 Å². The van der Waals surface area contributed by atoms with Crippen LogP contribution in [-0.2, 0) is 11.2 Å². The SMILES string of the molecule is COc1cccc(CC(=O)NCC#Cc2ccccc2Cl)c1. The van der Waals surface area contributed by atoms with Crippen molar-refractivity contribution in [2.75, 3.05) is 13.7 Å². The van der Waals surface area contributed by atoms with Crippen molar-refractivity contribution in [1.82, 2.24) is 5.32 Å². The van der Waals surface area contributed by atoms with Crippen molar-refractivity contribution in [1.29, 1.82) is 0 Å². The molecule has 0 unspecified atom stereocenters. The number of nitrogens with one attached hydrogen (secondary N) is 1. The van der Waals surface area contributed by atoms with Crippen molar-refractivity contribution in [2.45, 2.75) is 6.42 Å². The molecule has 2 aromatic rings. The van der Waals surface area contributed by atoms with E-state index in [0.29, 0.717) is 11.4 Å². The molecule has 0 heterocycles. The highest BCUT2D eigenvalue weighted by molar-refractivity contribution is 6.31. The lowest BCUT2D eigenvalue weighted by Crippen LogP contribution is -2.25. The van der Waals surface area contributed by atoms with Gasteiger partial charge in [-0.25, -0.2) is 0 Å². The zero-order valence-corrected chi connectivity index (χ0v) is 13.0. The molecule has 1 amide bonds. The van der Waals surface area contributed by atoms with E-state index in [-0.39, 0.29) is 12.5 Å². The number of benzene rings is 2. The average molecular weight is 314 g/mol. The molecule has 0 saturated carbocycles. The smallest absolute Gasteiger partial charge is 0.225 e. The Morgan fingerprint density at radius 2 is 2.05 bits per heavy atom. The third-order valence-corrected chi connectivity index (χ3v) is 3.30. The first-order valence-corrected chi connectivity index (χ1v) is 7.20. The van der Waals surface area contributed by atoms with E-state index in [1.165, 1.54) is 0 Å². The summed E-state index contributed by atoms with van der Waals surface area (Å²) < 4.78 is 5.13. The molecule has 0 aliphatic heterocycles. The molecular weight excluding hydrogens is 298 g/mol. The van der Waals surface area contributed by atoms with E-state index in [0.717, 1.165) is 16.9 Å². The summed E-state index contributed by atoms with van der Waals surface area (Å²) in [5, 5.41) is 3.37. The fourth-order valence-electron chi connectivity index (χ4n) is 1.88. The van der Waals surface area contributed by atoms with Crippen molar-refractivity contribution in [3.8, 4) is 17.6 Å². The Hall–Kier alpha value is -2.44. The molecule has 0 saturated heterocycles. The zero-order chi connectivity index (χ0) is 15.8. The molecule has 0 spiro atoms. The normalized spacial score (nSPS) is 9.55. The molecule has 4 heteroatoms. The summed E-state index contributed by atoms with van der Waals surface area (Å²) >= 11 is 6.00. The van der Waals surface area contributed by atoms with E-state index < -0.39 is 0 Å². The van der Waals surface area contributed by atoms with Gasteiger partial charge < -0.3 is 10.1 Å². The van der Waals surface area contributed by atoms with Crippen molar-refractivity contribution < 1.29 is 9.53 Å². The van der Waals surface area contributed by atoms with Gasteiger partial charge in [-0.1, -0.05) is 47.7 Å². The highest BCUT2D eigenvalue weighted by atomic mass is 35.5. The number of amides is 1. The molecular formula is C18H16ClNO2. The molecule has 2 aromatic carbocycles. The Bertz CT molecular complexity index is 716. The fourth-order valence-corrected chi connectivity index (χ4v) is 2.06. The molecule has 22 heavy (non-hydrogen) atoms. The number of carbonyl (C=O) groups excluding carboxylic acids is 1. The third-order valence-electron chi connectivity index (χ3n) is 2.97. The van der Waals surface area contributed by atoms with E-state index in [1.807, 2.05) is 42.5 Å². The van der Waals surface area contributed by atoms with Crippen LogP contribution in [0.25, 0.3) is 0 Å². The quantitative estimate of drug-likeness (QED) is 0.881. The van der Waals surface area contributed by atoms with Crippen molar-refractivity contribution >= 4 is 17.5 Å². The van der Waals surface area contributed by atoms with Crippen molar-refractivity contribution in [2.24, 2.45) is 0 Å². The second-order valence-electron chi connectivity index (χ2n) is 4.59. The number of rotatable bonds is 4. The van der Waals surface area contributed by atoms with Crippen LogP contribution in [0.2, 0.25) is 5.02 Å². The van der Waals surface area contributed by atoms with E-state index in [2.05, 4.69) is 17.2 Å². The second-order valence-corrected chi connectivity index (χ2v) is 4.99. The van der Waals surface area contributed by atoms with Gasteiger partial charge in [-0.05, 0) is 29.8 Å². The van der Waals surface area contributed by atoms with Crippen LogP contribution in [0.3, 0.4) is 0 Å². The van der Waals surface area contributed by atoms with Gasteiger partial charge >= 0.3 is 0 Å². The average Bonchev–Trinajstić information content (AvgIpc) is 2.53. The zero-order valence-electron chi connectivity index (χ0n) is 12.2. The maximum atomic E-state index is 11.8. The number of carbonyl (C=O) groups is 1. The van der Waals surface area contributed by atoms with Gasteiger partial charge in [0.1, 0.15) is 5.75 Å². The molecule has 112 valence electrons. The number of halogens is 1. The number of hydrogen-bond donors (Lipinski definition) is 1. The lowest BCUT2D eigenvalue weighted by atomic mass is 10.1. The molecule has 3 nitrogen and oxygen atoms in total. The second kappa shape index (κ2) is 8.11. The maximum absolute atomic E-state index is 11.8. The molecule has 0 radical (unpaired) electrons. The minimum atomic E-state index is -0.0817. The Morgan fingerprint density at radius 1 is 1.23 bits per heavy atom. The Labute approximate surface area is 135 Å². The summed E-state index contributed by atoms with van der Waals surface area (Å²) in [7, 11) is 1.60. The first-order valence-electron chi connectivity index (χ1n) is 6.82. The lowest BCUT2D eigenvalue weighted by molar-refractivity contribution is -0.120. The molecule has 0 aromatic heterocycles. The molecule has 0 bridgehead atoms. The van der Waals surface area contributed by atoms with Crippen molar-refractivity contribution in [3.63, 3.8) is 0 Å². The van der Waals surface area contributed by atoms with Gasteiger partial charge in [0.05, 0.1) is 25.1 Å². The van der Waals surface area contributed by atoms with Gasteiger partial charge in [0.25, 0.3) is 0 Å². The summed E-state index contributed by atoms with van der Waals surface area (Å²) in [4.78, 5) is 11.8. The van der Waals surface area contributed by atoms with Crippen LogP contribution < -0.4 is 10.1 Å². The number of ether oxygens (including phenoxy) is 1. The van der Waals surface area contributed by atoms with Gasteiger partial charge in [0, 0.05) is 5.56 Å². The standard InChI is InChI=1S/C18H16ClNO2/c1-22-16-9-4-6-14(12-16)13-18(21)20-11-5-8-15-7-2-3-10-17(15)19/h2-4,6-7,9-10,12H,11,13H2,1H3,(H,20,21). The molecule has 2 rings (SSSR count). The number of hydrogen-bond acceptors (Lipinski definition) is 2. The Morgan fingerprint density at radius 3 is 2.82 bits per heavy atom. The highest BCUT2D eigenvalue weighted by Gasteiger charge is 2.03. The van der Waals surface area contributed by atoms with Crippen LogP contribution in [0.4, 0.5) is 0 Å². The van der Waals surface area contributed by atoms with Crippen LogP contribution in [0.1, 0.15) is 11.1 Å². The topological polar surface area (TPSA) is 38.3 Å². The van der Waals surface area contributed by atoms with Crippen LogP contribution in [0.5, 0.6) is 5.75 Å². The maximum Gasteiger partial charge on any atom is 0.225 e. The fraction of sp³-hybridized carbons (Fsp3) is 0.167. The molecule has 1 N–H and O–H groups in total. The summed E-state index contributed by atoms with van der Waals surface area (Å²) in [6.07, 6.45) is 0.297. The van der Waals surface area contributed by atoms with Gasteiger partial charge in [-0.15, -0.1) is 0 Å². The first-order chi connectivity index (χ1) is 10.7. The summed E-state index contributed by atoms with van der Waals surface area (Å²) in [5.41, 5.74) is 1.65. The molecule has 0 aliphatic rings. The summed E-state index contributed by atoms with van der Waals surface area (Å²) in [5.74, 6) is 6.48. The largest absolute Gasteiger partial charge is 0.497 e. The van der Waals surface area contributed by atoms with Crippen molar-refractivity contribution in [3.05, 3.63) is 64.7 Å². The van der Waals surface area contributed by atoms with E-state index in [1.54, 1.807) is 13.2 Å². The predicted molar refractivity (Wildman–Crippen MR) is 88.0 cm³/mol. The Kier molecular flexibility index (Phi) is 5.88. The van der Waals surface area contributed by atoms with Crippen LogP contribution in [0.15, 0.2) is 48.5 Å². The minimum absolute atomic E-state index is 0.0817. The summed E-state index contributed by atoms with van der Waals surface area (Å²) in [6, 6.07) is 14.8. The molecule has 0 atom stereocenters. The molecule has 0 fully saturated rings. The van der Waals surface area contributed by atoms with Gasteiger partial charge in [0.15, 0.2) is 0 Å². The first kappa shape index (κ1) is 15.9. The summed E-state index contributed by atoms with van der Waals surface area (Å²) in [6.45, 7) is 0.286. The van der Waals surface area contributed by atoms with Gasteiger partial charge in [-0.3, -0.25) is 4.79 Å². The molecule has 0 aliphatic carbocycles. The van der Waals surface area contributed by atoms with E-state index in [4.69, 9.17) is 16.3 Å². The van der Waals surface area contributed by atoms with E-state index in [9.17, 15) is 4.79 Å². The number of methoxy groups -OCH3 is 1. The third kappa shape index (κ3) is 4.83. The predicted octanol–water partition coefficient (Wildman–Crippen LogP) is 3.06. The Balaban J connectivity index is 1.85. The minimum Gasteiger partial charge on any atom is -0.497 e. The van der Waals surface area contributed by atoms with Gasteiger partial charge in [-0.2, -0.15) is 0 Å². The van der Waals surface area contributed by atoms with E-state index >= 15 is 0 Å². The van der Waals surface area contributed by atoms with Crippen LogP contribution in [0, 0.1) is 11.8 Å². The lowest BCUT2D eigenvalue weighted by Gasteiger charge is -2.04. The van der Waals surface area contributed by atoms with Crippen LogP contribution >= 0.6 is 11.6 Å². The monoisotopic (exact) mass is 313 g/mol. The van der Waals surface area contributed by atoms with Crippen LogP contribution in [-0.4, -0.2) is 19.6 Å².